The van der Waals surface area contributed by atoms with Crippen molar-refractivity contribution < 1.29 is 0 Å². The minimum atomic E-state index is 0.0459. The van der Waals surface area contributed by atoms with E-state index >= 15 is 0 Å². The molecule has 1 aliphatic carbocycles. The number of pyridine rings is 1. The van der Waals surface area contributed by atoms with Crippen LogP contribution in [0.4, 0.5) is 5.82 Å². The molecule has 6 nitrogen and oxygen atoms in total. The number of aryl methyl sites for hydroxylation is 2. The minimum absolute atomic E-state index is 0.0459. The fourth-order valence-corrected chi connectivity index (χ4v) is 3.54. The monoisotopic (exact) mass is 325 g/mol. The van der Waals surface area contributed by atoms with E-state index in [4.69, 9.17) is 0 Å². The summed E-state index contributed by atoms with van der Waals surface area (Å²) in [5.74, 6) is 1.01. The number of anilines is 1. The van der Waals surface area contributed by atoms with Gasteiger partial charge in [-0.1, -0.05) is 6.07 Å². The second-order valence-electron chi connectivity index (χ2n) is 6.92. The Morgan fingerprint density at radius 3 is 2.92 bits per heavy atom. The molecule has 1 saturated heterocycles. The Morgan fingerprint density at radius 2 is 2.08 bits per heavy atom. The van der Waals surface area contributed by atoms with Gasteiger partial charge in [0.05, 0.1) is 5.69 Å². The molecule has 126 valence electrons. The molecular formula is C18H23N5O. The first-order valence-corrected chi connectivity index (χ1v) is 8.57. The van der Waals surface area contributed by atoms with Crippen LogP contribution in [0.5, 0.6) is 0 Å². The Hall–Kier alpha value is -2.21. The Labute approximate surface area is 141 Å². The maximum Gasteiger partial charge on any atom is 0.250 e. The van der Waals surface area contributed by atoms with Crippen molar-refractivity contribution in [2.24, 2.45) is 7.05 Å². The largest absolute Gasteiger partial charge is 0.352 e. The lowest BCUT2D eigenvalue weighted by atomic mass is 10.1. The SMILES string of the molecule is CN(Cc1cccc(=O)n1C)C1CN(c2cc3c(nn2)CCC3)C1. The van der Waals surface area contributed by atoms with Gasteiger partial charge in [0, 0.05) is 44.5 Å². The van der Waals surface area contributed by atoms with E-state index in [1.807, 2.05) is 19.2 Å². The number of hydrogen-bond acceptors (Lipinski definition) is 5. The van der Waals surface area contributed by atoms with Crippen LogP contribution in [-0.2, 0) is 26.4 Å². The van der Waals surface area contributed by atoms with Crippen molar-refractivity contribution in [3.63, 3.8) is 0 Å². The molecule has 2 aromatic heterocycles. The molecule has 24 heavy (non-hydrogen) atoms. The molecule has 0 bridgehead atoms. The highest BCUT2D eigenvalue weighted by molar-refractivity contribution is 5.45. The number of likely N-dealkylation sites (N-methyl/N-ethyl adjacent to an activating group) is 1. The van der Waals surface area contributed by atoms with E-state index in [0.29, 0.717) is 6.04 Å². The predicted octanol–water partition coefficient (Wildman–Crippen LogP) is 0.985. The Morgan fingerprint density at radius 1 is 1.25 bits per heavy atom. The molecule has 0 radical (unpaired) electrons. The van der Waals surface area contributed by atoms with Gasteiger partial charge in [0.1, 0.15) is 0 Å². The van der Waals surface area contributed by atoms with Crippen LogP contribution in [0.1, 0.15) is 23.4 Å². The second kappa shape index (κ2) is 6.02. The third kappa shape index (κ3) is 2.71. The van der Waals surface area contributed by atoms with Crippen molar-refractivity contribution in [2.45, 2.75) is 31.8 Å². The van der Waals surface area contributed by atoms with E-state index in [0.717, 1.165) is 44.0 Å². The third-order valence-electron chi connectivity index (χ3n) is 5.32. The lowest BCUT2D eigenvalue weighted by Gasteiger charge is -2.44. The summed E-state index contributed by atoms with van der Waals surface area (Å²) in [6, 6.07) is 8.14. The summed E-state index contributed by atoms with van der Waals surface area (Å²) in [6.45, 7) is 2.70. The van der Waals surface area contributed by atoms with Crippen LogP contribution in [0.25, 0.3) is 0 Å². The summed E-state index contributed by atoms with van der Waals surface area (Å²) < 4.78 is 1.72. The average molecular weight is 325 g/mol. The fraction of sp³-hybridized carbons (Fsp3) is 0.500. The average Bonchev–Trinajstić information content (AvgIpc) is 2.98. The predicted molar refractivity (Wildman–Crippen MR) is 93.2 cm³/mol. The van der Waals surface area contributed by atoms with Crippen LogP contribution in [-0.4, -0.2) is 45.8 Å². The van der Waals surface area contributed by atoms with Gasteiger partial charge in [0.15, 0.2) is 5.82 Å². The molecule has 1 aliphatic heterocycles. The van der Waals surface area contributed by atoms with Crippen LogP contribution in [0.3, 0.4) is 0 Å². The zero-order chi connectivity index (χ0) is 16.7. The molecule has 0 unspecified atom stereocenters. The van der Waals surface area contributed by atoms with E-state index in [1.165, 1.54) is 17.7 Å². The molecule has 2 aromatic rings. The van der Waals surface area contributed by atoms with Gasteiger partial charge in [-0.15, -0.1) is 5.10 Å². The number of fused-ring (bicyclic) bond motifs is 1. The fourth-order valence-electron chi connectivity index (χ4n) is 3.54. The standard InChI is InChI=1S/C18H23N5O/c1-21(10-14-6-4-8-18(24)22(14)2)15-11-23(12-15)17-9-13-5-3-7-16(13)19-20-17/h4,6,8-9,15H,3,5,7,10-12H2,1-2H3. The molecule has 4 rings (SSSR count). The van der Waals surface area contributed by atoms with Gasteiger partial charge in [-0.3, -0.25) is 9.69 Å². The first-order chi connectivity index (χ1) is 11.6. The molecule has 0 spiro atoms. The van der Waals surface area contributed by atoms with Crippen molar-refractivity contribution in [3.05, 3.63) is 51.6 Å². The molecule has 0 atom stereocenters. The van der Waals surface area contributed by atoms with Crippen LogP contribution in [0, 0.1) is 0 Å². The highest BCUT2D eigenvalue weighted by Crippen LogP contribution is 2.26. The van der Waals surface area contributed by atoms with E-state index < -0.39 is 0 Å². The number of rotatable bonds is 4. The van der Waals surface area contributed by atoms with Crippen LogP contribution < -0.4 is 10.5 Å². The minimum Gasteiger partial charge on any atom is -0.352 e. The molecular weight excluding hydrogens is 302 g/mol. The molecule has 1 fully saturated rings. The van der Waals surface area contributed by atoms with Crippen molar-refractivity contribution in [2.75, 3.05) is 25.0 Å². The maximum atomic E-state index is 11.7. The molecule has 2 aliphatic rings. The van der Waals surface area contributed by atoms with Crippen LogP contribution >= 0.6 is 0 Å². The van der Waals surface area contributed by atoms with Gasteiger partial charge in [-0.25, -0.2) is 0 Å². The van der Waals surface area contributed by atoms with E-state index in [-0.39, 0.29) is 5.56 Å². The first kappa shape index (κ1) is 15.3. The quantitative estimate of drug-likeness (QED) is 0.839. The van der Waals surface area contributed by atoms with E-state index in [9.17, 15) is 4.79 Å². The highest BCUT2D eigenvalue weighted by Gasteiger charge is 2.32. The van der Waals surface area contributed by atoms with E-state index in [2.05, 4.69) is 33.1 Å². The molecule has 0 aromatic carbocycles. The van der Waals surface area contributed by atoms with Gasteiger partial charge in [-0.05, 0) is 44.0 Å². The van der Waals surface area contributed by atoms with Crippen LogP contribution in [0.2, 0.25) is 0 Å². The van der Waals surface area contributed by atoms with E-state index in [1.54, 1.807) is 10.6 Å². The third-order valence-corrected chi connectivity index (χ3v) is 5.32. The highest BCUT2D eigenvalue weighted by atomic mass is 16.1. The lowest BCUT2D eigenvalue weighted by molar-refractivity contribution is 0.192. The molecule has 0 N–H and O–H groups in total. The van der Waals surface area contributed by atoms with Crippen LogP contribution in [0.15, 0.2) is 29.1 Å². The summed E-state index contributed by atoms with van der Waals surface area (Å²) in [5, 5.41) is 8.77. The Balaban J connectivity index is 1.38. The molecule has 0 amide bonds. The summed E-state index contributed by atoms with van der Waals surface area (Å²) in [5.41, 5.74) is 3.64. The zero-order valence-corrected chi connectivity index (χ0v) is 14.3. The topological polar surface area (TPSA) is 54.3 Å². The van der Waals surface area contributed by atoms with Gasteiger partial charge < -0.3 is 9.47 Å². The summed E-state index contributed by atoms with van der Waals surface area (Å²) >= 11 is 0. The summed E-state index contributed by atoms with van der Waals surface area (Å²) in [6.07, 6.45) is 3.41. The van der Waals surface area contributed by atoms with Crippen molar-refractivity contribution in [1.29, 1.82) is 0 Å². The lowest BCUT2D eigenvalue weighted by Crippen LogP contribution is -2.58. The van der Waals surface area contributed by atoms with Gasteiger partial charge in [0.2, 0.25) is 5.56 Å². The number of hydrogen-bond donors (Lipinski definition) is 0. The molecule has 0 saturated carbocycles. The van der Waals surface area contributed by atoms with Gasteiger partial charge in [0.25, 0.3) is 0 Å². The Kier molecular flexibility index (Phi) is 3.84. The normalized spacial score (nSPS) is 17.2. The van der Waals surface area contributed by atoms with Crippen molar-refractivity contribution in [3.8, 4) is 0 Å². The first-order valence-electron chi connectivity index (χ1n) is 8.57. The maximum absolute atomic E-state index is 11.7. The van der Waals surface area contributed by atoms with Gasteiger partial charge >= 0.3 is 0 Å². The second-order valence-corrected chi connectivity index (χ2v) is 6.92. The summed E-state index contributed by atoms with van der Waals surface area (Å²) in [4.78, 5) is 16.3. The molecule has 6 heteroatoms. The van der Waals surface area contributed by atoms with Gasteiger partial charge in [-0.2, -0.15) is 5.10 Å². The number of aromatic nitrogens is 3. The zero-order valence-electron chi connectivity index (χ0n) is 14.3. The van der Waals surface area contributed by atoms with Crippen molar-refractivity contribution >= 4 is 5.82 Å². The Bertz CT molecular complexity index is 809. The number of nitrogens with zero attached hydrogens (tertiary/aromatic N) is 5. The smallest absolute Gasteiger partial charge is 0.250 e. The van der Waals surface area contributed by atoms with Crippen molar-refractivity contribution in [1.82, 2.24) is 19.7 Å². The molecule has 3 heterocycles. The summed E-state index contributed by atoms with van der Waals surface area (Å²) in [7, 11) is 3.95.